The van der Waals surface area contributed by atoms with Crippen molar-refractivity contribution in [3.05, 3.63) is 53.9 Å². The summed E-state index contributed by atoms with van der Waals surface area (Å²) in [6.45, 7) is 1.97. The molecule has 0 amide bonds. The minimum atomic E-state index is -0.973. The maximum Gasteiger partial charge on any atom is 0.335 e. The van der Waals surface area contributed by atoms with Gasteiger partial charge in [0, 0.05) is 6.20 Å². The number of pyridine rings is 1. The third-order valence-electron chi connectivity index (χ3n) is 3.20. The van der Waals surface area contributed by atoms with Crippen molar-refractivity contribution in [2.75, 3.05) is 0 Å². The molecular formula is C14H12N4O2. The monoisotopic (exact) mass is 268 g/mol. The van der Waals surface area contributed by atoms with Crippen LogP contribution in [0.15, 0.2) is 42.6 Å². The van der Waals surface area contributed by atoms with Crippen LogP contribution in [0.5, 0.6) is 0 Å². The van der Waals surface area contributed by atoms with Crippen molar-refractivity contribution in [2.45, 2.75) is 13.0 Å². The van der Waals surface area contributed by atoms with E-state index in [4.69, 9.17) is 5.11 Å². The molecule has 1 atom stereocenters. The van der Waals surface area contributed by atoms with E-state index in [-0.39, 0.29) is 11.6 Å². The van der Waals surface area contributed by atoms with E-state index in [1.165, 1.54) is 6.07 Å². The molecule has 6 nitrogen and oxygen atoms in total. The summed E-state index contributed by atoms with van der Waals surface area (Å²) < 4.78 is 1.74. The number of hydrogen-bond donors (Lipinski definition) is 1. The molecule has 0 saturated heterocycles. The van der Waals surface area contributed by atoms with Gasteiger partial charge in [-0.15, -0.1) is 5.10 Å². The zero-order valence-corrected chi connectivity index (χ0v) is 10.8. The van der Waals surface area contributed by atoms with E-state index >= 15 is 0 Å². The first-order valence-electron chi connectivity index (χ1n) is 6.16. The molecule has 0 aliphatic heterocycles. The van der Waals surface area contributed by atoms with Crippen LogP contribution in [0.1, 0.15) is 29.0 Å². The van der Waals surface area contributed by atoms with Crippen molar-refractivity contribution in [3.63, 3.8) is 0 Å². The van der Waals surface area contributed by atoms with E-state index in [1.807, 2.05) is 25.1 Å². The lowest BCUT2D eigenvalue weighted by Gasteiger charge is -2.11. The van der Waals surface area contributed by atoms with Crippen molar-refractivity contribution in [1.29, 1.82) is 0 Å². The van der Waals surface area contributed by atoms with Gasteiger partial charge in [-0.1, -0.05) is 11.3 Å². The highest BCUT2D eigenvalue weighted by Gasteiger charge is 2.15. The summed E-state index contributed by atoms with van der Waals surface area (Å²) in [6.07, 6.45) is 1.73. The van der Waals surface area contributed by atoms with Crippen LogP contribution in [-0.4, -0.2) is 31.1 Å². The van der Waals surface area contributed by atoms with Gasteiger partial charge >= 0.3 is 5.97 Å². The van der Waals surface area contributed by atoms with Crippen LogP contribution in [0.3, 0.4) is 0 Å². The number of benzene rings is 1. The number of rotatable bonds is 3. The zero-order valence-electron chi connectivity index (χ0n) is 10.8. The summed E-state index contributed by atoms with van der Waals surface area (Å²) >= 11 is 0. The first-order valence-corrected chi connectivity index (χ1v) is 6.16. The van der Waals surface area contributed by atoms with E-state index in [0.717, 1.165) is 11.2 Å². The summed E-state index contributed by atoms with van der Waals surface area (Å²) in [4.78, 5) is 15.2. The van der Waals surface area contributed by atoms with E-state index in [0.29, 0.717) is 5.52 Å². The lowest BCUT2D eigenvalue weighted by molar-refractivity contribution is 0.0697. The molecule has 1 N–H and O–H groups in total. The van der Waals surface area contributed by atoms with Gasteiger partial charge in [-0.3, -0.25) is 4.98 Å². The molecule has 100 valence electrons. The molecule has 0 aliphatic rings. The van der Waals surface area contributed by atoms with Crippen LogP contribution in [0, 0.1) is 0 Å². The second-order valence-corrected chi connectivity index (χ2v) is 4.47. The van der Waals surface area contributed by atoms with E-state index in [9.17, 15) is 4.79 Å². The lowest BCUT2D eigenvalue weighted by atomic mass is 10.2. The van der Waals surface area contributed by atoms with Gasteiger partial charge in [0.05, 0.1) is 22.8 Å². The Bertz CT molecular complexity index is 767. The molecule has 1 aromatic carbocycles. The second-order valence-electron chi connectivity index (χ2n) is 4.47. The fraction of sp³-hybridized carbons (Fsp3) is 0.143. The first kappa shape index (κ1) is 12.3. The summed E-state index contributed by atoms with van der Waals surface area (Å²) in [6, 6.07) is 10.4. The average molecular weight is 268 g/mol. The van der Waals surface area contributed by atoms with E-state index < -0.39 is 5.97 Å². The number of carbonyl (C=O) groups is 1. The molecule has 3 aromatic rings. The highest BCUT2D eigenvalue weighted by molar-refractivity contribution is 5.92. The smallest absolute Gasteiger partial charge is 0.335 e. The Morgan fingerprint density at radius 3 is 2.85 bits per heavy atom. The molecule has 3 rings (SSSR count). The number of carboxylic acid groups (broad SMARTS) is 1. The van der Waals surface area contributed by atoms with Gasteiger partial charge in [0.15, 0.2) is 0 Å². The highest BCUT2D eigenvalue weighted by atomic mass is 16.4. The molecule has 0 saturated carbocycles. The van der Waals surface area contributed by atoms with Gasteiger partial charge in [0.1, 0.15) is 5.52 Å². The van der Waals surface area contributed by atoms with Gasteiger partial charge in [-0.25, -0.2) is 9.48 Å². The molecular weight excluding hydrogens is 256 g/mol. The molecule has 20 heavy (non-hydrogen) atoms. The lowest BCUT2D eigenvalue weighted by Crippen LogP contribution is -2.10. The number of aromatic carboxylic acids is 1. The van der Waals surface area contributed by atoms with Crippen LogP contribution >= 0.6 is 0 Å². The zero-order chi connectivity index (χ0) is 14.1. The summed E-state index contributed by atoms with van der Waals surface area (Å²) in [7, 11) is 0. The minimum Gasteiger partial charge on any atom is -0.478 e. The van der Waals surface area contributed by atoms with Crippen LogP contribution in [-0.2, 0) is 0 Å². The second kappa shape index (κ2) is 4.73. The summed E-state index contributed by atoms with van der Waals surface area (Å²) in [5.74, 6) is -0.973. The van der Waals surface area contributed by atoms with E-state index in [2.05, 4.69) is 15.3 Å². The number of aromatic nitrogens is 4. The largest absolute Gasteiger partial charge is 0.478 e. The van der Waals surface area contributed by atoms with Crippen molar-refractivity contribution in [3.8, 4) is 0 Å². The number of nitrogens with zero attached hydrogens (tertiary/aromatic N) is 4. The first-order chi connectivity index (χ1) is 9.66. The number of fused-ring (bicyclic) bond motifs is 1. The van der Waals surface area contributed by atoms with Crippen LogP contribution in [0.4, 0.5) is 0 Å². The minimum absolute atomic E-state index is 0.0723. The maximum atomic E-state index is 10.9. The highest BCUT2D eigenvalue weighted by Crippen LogP contribution is 2.21. The molecule has 1 unspecified atom stereocenters. The molecule has 2 heterocycles. The van der Waals surface area contributed by atoms with E-state index in [1.54, 1.807) is 23.0 Å². The Morgan fingerprint density at radius 2 is 2.15 bits per heavy atom. The van der Waals surface area contributed by atoms with Gasteiger partial charge in [-0.05, 0) is 37.3 Å². The van der Waals surface area contributed by atoms with Crippen LogP contribution < -0.4 is 0 Å². The third-order valence-corrected chi connectivity index (χ3v) is 3.20. The summed E-state index contributed by atoms with van der Waals surface area (Å²) in [5, 5.41) is 17.1. The predicted molar refractivity (Wildman–Crippen MR) is 72.5 cm³/mol. The van der Waals surface area contributed by atoms with Crippen molar-refractivity contribution >= 4 is 17.0 Å². The van der Waals surface area contributed by atoms with Gasteiger partial charge in [-0.2, -0.15) is 0 Å². The predicted octanol–water partition coefficient (Wildman–Crippen LogP) is 2.13. The standard InChI is InChI=1S/C14H12N4O2/c1-9(11-4-2-3-7-15-11)18-13-6-5-10(14(19)20)8-12(13)16-17-18/h2-9H,1H3,(H,19,20). The van der Waals surface area contributed by atoms with Crippen molar-refractivity contribution in [1.82, 2.24) is 20.0 Å². The van der Waals surface area contributed by atoms with Crippen molar-refractivity contribution < 1.29 is 9.90 Å². The normalized spacial score (nSPS) is 12.4. The molecule has 0 spiro atoms. The Balaban J connectivity index is 2.07. The third kappa shape index (κ3) is 2.01. The molecule has 0 fully saturated rings. The summed E-state index contributed by atoms with van der Waals surface area (Å²) in [5.41, 5.74) is 2.43. The molecule has 6 heteroatoms. The van der Waals surface area contributed by atoms with Gasteiger partial charge < -0.3 is 5.11 Å². The van der Waals surface area contributed by atoms with Crippen LogP contribution in [0.25, 0.3) is 11.0 Å². The Labute approximate surface area is 114 Å². The Morgan fingerprint density at radius 1 is 1.30 bits per heavy atom. The number of hydrogen-bond acceptors (Lipinski definition) is 4. The molecule has 0 aliphatic carbocycles. The van der Waals surface area contributed by atoms with Crippen LogP contribution in [0.2, 0.25) is 0 Å². The molecule has 2 aromatic heterocycles. The fourth-order valence-electron chi connectivity index (χ4n) is 2.11. The molecule has 0 bridgehead atoms. The SMILES string of the molecule is CC(c1ccccn1)n1nnc2cc(C(=O)O)ccc21. The maximum absolute atomic E-state index is 10.9. The van der Waals surface area contributed by atoms with Gasteiger partial charge in [0.2, 0.25) is 0 Å². The average Bonchev–Trinajstić information content (AvgIpc) is 2.90. The number of carboxylic acids is 1. The van der Waals surface area contributed by atoms with Gasteiger partial charge in [0.25, 0.3) is 0 Å². The van der Waals surface area contributed by atoms with Crippen molar-refractivity contribution in [2.24, 2.45) is 0 Å². The fourth-order valence-corrected chi connectivity index (χ4v) is 2.11. The molecule has 0 radical (unpaired) electrons. The Kier molecular flexibility index (Phi) is 2.90. The Hall–Kier alpha value is -2.76. The quantitative estimate of drug-likeness (QED) is 0.787. The topological polar surface area (TPSA) is 80.9 Å².